The van der Waals surface area contributed by atoms with Crippen LogP contribution in [0.1, 0.15) is 59.1 Å². The van der Waals surface area contributed by atoms with Gasteiger partial charge in [-0.05, 0) is 49.6 Å². The summed E-state index contributed by atoms with van der Waals surface area (Å²) in [6.45, 7) is 13.9. The average Bonchev–Trinajstić information content (AvgIpc) is 2.55. The van der Waals surface area contributed by atoms with Gasteiger partial charge in [-0.25, -0.2) is 0 Å². The van der Waals surface area contributed by atoms with Crippen LogP contribution in [-0.4, -0.2) is 13.0 Å². The quantitative estimate of drug-likeness (QED) is 0.713. The lowest BCUT2D eigenvalue weighted by Crippen LogP contribution is -2.41. The third-order valence-electron chi connectivity index (χ3n) is 4.22. The largest absolute Gasteiger partial charge is 0.413 e. The number of hydrogen-bond acceptors (Lipinski definition) is 1. The van der Waals surface area contributed by atoms with E-state index in [1.165, 1.54) is 23.2 Å². The van der Waals surface area contributed by atoms with Crippen molar-refractivity contribution in [2.45, 2.75) is 71.7 Å². The fraction of sp³-hybridized carbons (Fsp3) is 0.647. The van der Waals surface area contributed by atoms with Gasteiger partial charge in [0.05, 0.1) is 0 Å². The Morgan fingerprint density at radius 3 is 1.95 bits per heavy atom. The fourth-order valence-corrected chi connectivity index (χ4v) is 3.66. The van der Waals surface area contributed by atoms with E-state index in [4.69, 9.17) is 0 Å². The maximum atomic E-state index is 2.55. The molecule has 0 unspecified atom stereocenters. The van der Waals surface area contributed by atoms with Gasteiger partial charge >= 0.3 is 0 Å². The van der Waals surface area contributed by atoms with Gasteiger partial charge in [-0.2, -0.15) is 0 Å². The van der Waals surface area contributed by atoms with E-state index in [1.807, 2.05) is 0 Å². The lowest BCUT2D eigenvalue weighted by atomic mass is 9.63. The predicted molar refractivity (Wildman–Crippen MR) is 86.2 cm³/mol. The normalized spacial score (nSPS) is 20.4. The monoisotopic (exact) mass is 256 g/mol. The van der Waals surface area contributed by atoms with Gasteiger partial charge in [-0.1, -0.05) is 45.9 Å². The van der Waals surface area contributed by atoms with Crippen LogP contribution in [0.2, 0.25) is 5.31 Å². The molecule has 0 aliphatic carbocycles. The molecule has 1 heterocycles. The summed E-state index contributed by atoms with van der Waals surface area (Å²) in [4.78, 5) is 2.55. The first-order valence-corrected chi connectivity index (χ1v) is 7.57. The Morgan fingerprint density at radius 2 is 1.58 bits per heavy atom. The van der Waals surface area contributed by atoms with Crippen molar-refractivity contribution in [3.63, 3.8) is 0 Å². The Kier molecular flexibility index (Phi) is 3.73. The molecule has 0 aromatic heterocycles. The molecule has 1 aliphatic heterocycles. The molecule has 1 aliphatic rings. The van der Waals surface area contributed by atoms with Crippen LogP contribution in [0.4, 0.5) is 5.69 Å². The molecule has 0 amide bonds. The third-order valence-corrected chi connectivity index (χ3v) is 4.22. The number of hydrogen-bond donors (Lipinski definition) is 0. The molecule has 0 spiro atoms. The minimum Gasteiger partial charge on any atom is -0.413 e. The fourth-order valence-electron chi connectivity index (χ4n) is 3.66. The molecule has 19 heavy (non-hydrogen) atoms. The van der Waals surface area contributed by atoms with Crippen LogP contribution in [0.5, 0.6) is 0 Å². The van der Waals surface area contributed by atoms with E-state index in [-0.39, 0.29) is 10.9 Å². The van der Waals surface area contributed by atoms with Crippen LogP contribution in [0.3, 0.4) is 0 Å². The summed E-state index contributed by atoms with van der Waals surface area (Å²) in [5, 5.41) is 0.287. The molecule has 2 rings (SSSR count). The highest BCUT2D eigenvalue weighted by Crippen LogP contribution is 2.48. The summed E-state index contributed by atoms with van der Waals surface area (Å²) >= 11 is 0. The van der Waals surface area contributed by atoms with E-state index in [9.17, 15) is 0 Å². The van der Waals surface area contributed by atoms with Crippen molar-refractivity contribution in [3.8, 4) is 0 Å². The molecule has 1 aromatic rings. The van der Waals surface area contributed by atoms with Crippen LogP contribution >= 0.6 is 0 Å². The minimum atomic E-state index is 0.207. The molecule has 1 nitrogen and oxygen atoms in total. The van der Waals surface area contributed by atoms with Crippen molar-refractivity contribution >= 4 is 13.1 Å². The Labute approximate surface area is 119 Å². The second kappa shape index (κ2) is 4.88. The van der Waals surface area contributed by atoms with E-state index >= 15 is 0 Å². The molecular weight excluding hydrogens is 229 g/mol. The number of benzene rings is 1. The molecule has 0 saturated carbocycles. The molecule has 1 saturated heterocycles. The van der Waals surface area contributed by atoms with Gasteiger partial charge in [-0.15, -0.1) is 0 Å². The standard InChI is InChI=1S/C17H27BN/c1-7-13-10-9-11-14(8-2)15(13)19-17(5,6)12-16(3,4)18-19/h9-11H,7-8,12H2,1-6H3. The van der Waals surface area contributed by atoms with E-state index in [0.29, 0.717) is 0 Å². The molecule has 1 fully saturated rings. The molecule has 0 bridgehead atoms. The first-order chi connectivity index (χ1) is 8.80. The van der Waals surface area contributed by atoms with Crippen LogP contribution < -0.4 is 4.81 Å². The third kappa shape index (κ3) is 2.68. The molecule has 1 aromatic carbocycles. The summed E-state index contributed by atoms with van der Waals surface area (Å²) in [6, 6.07) is 6.77. The highest BCUT2D eigenvalue weighted by Gasteiger charge is 2.45. The van der Waals surface area contributed by atoms with Crippen LogP contribution in [0.15, 0.2) is 18.2 Å². The first kappa shape index (κ1) is 14.5. The number of para-hydroxylation sites is 1. The van der Waals surface area contributed by atoms with Crippen molar-refractivity contribution in [1.29, 1.82) is 0 Å². The zero-order chi connectivity index (χ0) is 14.3. The molecule has 0 N–H and O–H groups in total. The Hall–Kier alpha value is -0.915. The zero-order valence-corrected chi connectivity index (χ0v) is 13.4. The van der Waals surface area contributed by atoms with Crippen molar-refractivity contribution in [3.05, 3.63) is 29.3 Å². The summed E-state index contributed by atoms with van der Waals surface area (Å²) in [7, 11) is 2.45. The zero-order valence-electron chi connectivity index (χ0n) is 13.4. The second-order valence-corrected chi connectivity index (χ2v) is 7.11. The van der Waals surface area contributed by atoms with Gasteiger partial charge in [0.15, 0.2) is 0 Å². The maximum Gasteiger partial charge on any atom is 0.253 e. The summed E-state index contributed by atoms with van der Waals surface area (Å²) < 4.78 is 0. The Morgan fingerprint density at radius 1 is 1.05 bits per heavy atom. The maximum absolute atomic E-state index is 2.55. The van der Waals surface area contributed by atoms with Crippen molar-refractivity contribution in [2.24, 2.45) is 0 Å². The second-order valence-electron chi connectivity index (χ2n) is 7.11. The number of aryl methyl sites for hydroxylation is 2. The lowest BCUT2D eigenvalue weighted by molar-refractivity contribution is 0.458. The number of rotatable bonds is 3. The highest BCUT2D eigenvalue weighted by molar-refractivity contribution is 6.47. The predicted octanol–water partition coefficient (Wildman–Crippen LogP) is 4.62. The van der Waals surface area contributed by atoms with Gasteiger partial charge in [0.25, 0.3) is 7.41 Å². The molecule has 0 atom stereocenters. The number of nitrogens with zero attached hydrogens (tertiary/aromatic N) is 1. The van der Waals surface area contributed by atoms with Gasteiger partial charge < -0.3 is 4.81 Å². The first-order valence-electron chi connectivity index (χ1n) is 7.57. The van der Waals surface area contributed by atoms with Gasteiger partial charge in [0.1, 0.15) is 0 Å². The summed E-state index contributed by atoms with van der Waals surface area (Å²) in [5.74, 6) is 0. The summed E-state index contributed by atoms with van der Waals surface area (Å²) in [6.07, 6.45) is 3.41. The van der Waals surface area contributed by atoms with Gasteiger partial charge in [0.2, 0.25) is 0 Å². The molecule has 1 radical (unpaired) electrons. The van der Waals surface area contributed by atoms with E-state index in [1.54, 1.807) is 0 Å². The molecular formula is C17H27BN. The van der Waals surface area contributed by atoms with Crippen LogP contribution in [-0.2, 0) is 12.8 Å². The highest BCUT2D eigenvalue weighted by atomic mass is 15.2. The topological polar surface area (TPSA) is 3.24 Å². The van der Waals surface area contributed by atoms with Crippen molar-refractivity contribution in [2.75, 3.05) is 4.81 Å². The Bertz CT molecular complexity index is 440. The number of anilines is 1. The van der Waals surface area contributed by atoms with E-state index in [2.05, 4.69) is 72.0 Å². The lowest BCUT2D eigenvalue weighted by Gasteiger charge is -2.37. The van der Waals surface area contributed by atoms with E-state index < -0.39 is 0 Å². The van der Waals surface area contributed by atoms with E-state index in [0.717, 1.165) is 12.8 Å². The summed E-state index contributed by atoms with van der Waals surface area (Å²) in [5.41, 5.74) is 4.62. The van der Waals surface area contributed by atoms with Crippen molar-refractivity contribution < 1.29 is 0 Å². The minimum absolute atomic E-state index is 0.207. The van der Waals surface area contributed by atoms with Crippen LogP contribution in [0.25, 0.3) is 0 Å². The molecule has 103 valence electrons. The van der Waals surface area contributed by atoms with Gasteiger partial charge in [-0.3, -0.25) is 0 Å². The molecule has 2 heteroatoms. The Balaban J connectivity index is 2.52. The average molecular weight is 256 g/mol. The van der Waals surface area contributed by atoms with Crippen molar-refractivity contribution in [1.82, 2.24) is 0 Å². The van der Waals surface area contributed by atoms with Gasteiger partial charge in [0, 0.05) is 11.2 Å². The van der Waals surface area contributed by atoms with Crippen LogP contribution in [0, 0.1) is 0 Å². The smallest absolute Gasteiger partial charge is 0.253 e. The SMILES string of the molecule is CCc1cccc(CC)c1N1[B]C(C)(C)CC1(C)C.